The first kappa shape index (κ1) is 42.8. The lowest BCUT2D eigenvalue weighted by atomic mass is 10.1. The molecule has 0 aliphatic rings. The van der Waals surface area contributed by atoms with Gasteiger partial charge in [0.2, 0.25) is 0 Å². The number of carbonyl (C=O) groups is 3. The third-order valence-corrected chi connectivity index (χ3v) is 8.90. The van der Waals surface area contributed by atoms with Gasteiger partial charge < -0.3 is 14.2 Å². The predicted octanol–water partition coefficient (Wildman–Crippen LogP) is 13.0. The number of hydrogen-bond acceptors (Lipinski definition) is 6. The molecule has 0 aromatic heterocycles. The minimum absolute atomic E-state index is 0.200. The van der Waals surface area contributed by atoms with Gasteiger partial charge in [0.05, 0.1) is 0 Å². The molecule has 0 fully saturated rings. The summed E-state index contributed by atoms with van der Waals surface area (Å²) in [7, 11) is 0. The van der Waals surface area contributed by atoms with Crippen LogP contribution in [0.4, 0.5) is 0 Å². The van der Waals surface area contributed by atoms with E-state index in [9.17, 15) is 14.4 Å². The van der Waals surface area contributed by atoms with Gasteiger partial charge in [-0.05, 0) is 54.7 Å². The Bertz CT molecular complexity index is 1180. The Hall–Kier alpha value is -3.41. The average molecular weight is 691 g/mol. The van der Waals surface area contributed by atoms with E-state index >= 15 is 0 Å². The Balaban J connectivity index is 1.96. The molecule has 50 heavy (non-hydrogen) atoms. The van der Waals surface area contributed by atoms with E-state index in [2.05, 4.69) is 20.8 Å². The molecule has 6 heteroatoms. The molecule has 2 aromatic rings. The molecule has 0 aliphatic heterocycles. The van der Waals surface area contributed by atoms with Crippen molar-refractivity contribution >= 4 is 30.1 Å². The number of benzene rings is 2. The van der Waals surface area contributed by atoms with Crippen molar-refractivity contribution in [1.82, 2.24) is 0 Å². The monoisotopic (exact) mass is 690 g/mol. The number of unbranched alkanes of at least 4 members (excludes halogenated alkanes) is 18. The maximum Gasteiger partial charge on any atom is 0.311 e. The van der Waals surface area contributed by atoms with Crippen LogP contribution in [0.25, 0.3) is 12.2 Å². The fourth-order valence-corrected chi connectivity index (χ4v) is 5.87. The smallest absolute Gasteiger partial charge is 0.311 e. The van der Waals surface area contributed by atoms with E-state index in [0.29, 0.717) is 36.5 Å². The van der Waals surface area contributed by atoms with Crippen molar-refractivity contribution < 1.29 is 28.6 Å². The van der Waals surface area contributed by atoms with E-state index in [4.69, 9.17) is 14.2 Å². The van der Waals surface area contributed by atoms with Gasteiger partial charge in [-0.25, -0.2) is 0 Å². The summed E-state index contributed by atoms with van der Waals surface area (Å²) in [6.07, 6.45) is 28.9. The molecule has 0 radical (unpaired) electrons. The summed E-state index contributed by atoms with van der Waals surface area (Å²) in [6.45, 7) is 6.63. The Labute approximate surface area is 303 Å². The first-order valence-corrected chi connectivity index (χ1v) is 20.0. The van der Waals surface area contributed by atoms with Crippen LogP contribution in [-0.2, 0) is 14.4 Å². The second-order valence-electron chi connectivity index (χ2n) is 13.7. The van der Waals surface area contributed by atoms with Gasteiger partial charge in [-0.2, -0.15) is 0 Å². The van der Waals surface area contributed by atoms with Crippen LogP contribution in [0.5, 0.6) is 17.2 Å². The molecule has 0 aliphatic carbocycles. The number of esters is 3. The van der Waals surface area contributed by atoms with Gasteiger partial charge in [-0.15, -0.1) is 0 Å². The van der Waals surface area contributed by atoms with Crippen LogP contribution in [0.1, 0.15) is 186 Å². The first-order valence-electron chi connectivity index (χ1n) is 20.0. The summed E-state index contributed by atoms with van der Waals surface area (Å²) in [6, 6.07) is 12.6. The van der Waals surface area contributed by atoms with Crippen molar-refractivity contribution in [2.45, 2.75) is 175 Å². The molecular weight excluding hydrogens is 624 g/mol. The highest BCUT2D eigenvalue weighted by Crippen LogP contribution is 2.26. The fraction of sp³-hybridized carbons (Fsp3) is 0.614. The summed E-state index contributed by atoms with van der Waals surface area (Å²) in [4.78, 5) is 37.7. The van der Waals surface area contributed by atoms with Crippen LogP contribution in [0.2, 0.25) is 0 Å². The minimum atomic E-state index is -0.280. The second-order valence-corrected chi connectivity index (χ2v) is 13.7. The topological polar surface area (TPSA) is 78.9 Å². The molecule has 0 amide bonds. The van der Waals surface area contributed by atoms with E-state index in [1.165, 1.54) is 83.5 Å². The molecule has 2 aromatic carbocycles. The first-order chi connectivity index (χ1) is 24.4. The molecule has 0 saturated heterocycles. The lowest BCUT2D eigenvalue weighted by molar-refractivity contribution is -0.135. The molecule has 0 N–H and O–H groups in total. The fourth-order valence-electron chi connectivity index (χ4n) is 5.87. The van der Waals surface area contributed by atoms with E-state index in [0.717, 1.165) is 62.5 Å². The van der Waals surface area contributed by atoms with Crippen molar-refractivity contribution in [1.29, 1.82) is 0 Å². The van der Waals surface area contributed by atoms with Gasteiger partial charge in [0, 0.05) is 25.3 Å². The lowest BCUT2D eigenvalue weighted by Gasteiger charge is -2.10. The summed E-state index contributed by atoms with van der Waals surface area (Å²) < 4.78 is 17.0. The van der Waals surface area contributed by atoms with E-state index in [-0.39, 0.29) is 17.9 Å². The standard InChI is InChI=1S/C44H66O6/c1-4-7-10-13-16-19-22-25-42(45)48-39-32-30-37(31-33-39)28-29-38-34-40(49-43(46)26-23-20-17-14-11-8-5-2)36-41(35-38)50-44(47)27-24-21-18-15-12-9-6-3/h28-36H,4-27H2,1-3H3/b29-28+. The SMILES string of the molecule is CCCCCCCCCC(=O)Oc1ccc(/C=C/c2cc(OC(=O)CCCCCCCCC)cc(OC(=O)CCCCCCCCC)c2)cc1. The van der Waals surface area contributed by atoms with Crippen molar-refractivity contribution in [3.8, 4) is 17.2 Å². The van der Waals surface area contributed by atoms with Gasteiger partial charge in [-0.3, -0.25) is 14.4 Å². The third-order valence-electron chi connectivity index (χ3n) is 8.90. The maximum absolute atomic E-state index is 12.7. The second kappa shape index (κ2) is 28.3. The molecular formula is C44H66O6. The lowest BCUT2D eigenvalue weighted by Crippen LogP contribution is -2.10. The van der Waals surface area contributed by atoms with Crippen LogP contribution in [0.15, 0.2) is 42.5 Å². The summed E-state index contributed by atoms with van der Waals surface area (Å²) in [5.41, 5.74) is 1.66. The Morgan fingerprint density at radius 3 is 1.10 bits per heavy atom. The molecule has 0 saturated carbocycles. The summed E-state index contributed by atoms with van der Waals surface area (Å²) >= 11 is 0. The Morgan fingerprint density at radius 2 is 0.720 bits per heavy atom. The van der Waals surface area contributed by atoms with Crippen molar-refractivity contribution in [2.24, 2.45) is 0 Å². The van der Waals surface area contributed by atoms with E-state index in [1.54, 1.807) is 30.3 Å². The third kappa shape index (κ3) is 21.6. The Morgan fingerprint density at radius 1 is 0.400 bits per heavy atom. The summed E-state index contributed by atoms with van der Waals surface area (Å²) in [5, 5.41) is 0. The van der Waals surface area contributed by atoms with E-state index in [1.807, 2.05) is 24.3 Å². The molecule has 278 valence electrons. The molecule has 0 bridgehead atoms. The van der Waals surface area contributed by atoms with Gasteiger partial charge >= 0.3 is 17.9 Å². The van der Waals surface area contributed by atoms with Crippen molar-refractivity contribution in [2.75, 3.05) is 0 Å². The van der Waals surface area contributed by atoms with Crippen molar-refractivity contribution in [3.63, 3.8) is 0 Å². The molecule has 6 nitrogen and oxygen atoms in total. The summed E-state index contributed by atoms with van der Waals surface area (Å²) in [5.74, 6) is 0.493. The van der Waals surface area contributed by atoms with Crippen LogP contribution in [0.3, 0.4) is 0 Å². The van der Waals surface area contributed by atoms with Crippen LogP contribution in [-0.4, -0.2) is 17.9 Å². The zero-order valence-corrected chi connectivity index (χ0v) is 31.6. The minimum Gasteiger partial charge on any atom is -0.427 e. The van der Waals surface area contributed by atoms with Crippen LogP contribution < -0.4 is 14.2 Å². The highest BCUT2D eigenvalue weighted by atomic mass is 16.5. The Kier molecular flexibility index (Phi) is 24.2. The maximum atomic E-state index is 12.7. The van der Waals surface area contributed by atoms with Crippen LogP contribution >= 0.6 is 0 Å². The zero-order valence-electron chi connectivity index (χ0n) is 31.6. The normalized spacial score (nSPS) is 11.2. The van der Waals surface area contributed by atoms with E-state index < -0.39 is 0 Å². The van der Waals surface area contributed by atoms with Crippen molar-refractivity contribution in [3.05, 3.63) is 53.6 Å². The number of carbonyl (C=O) groups excluding carboxylic acids is 3. The molecule has 0 spiro atoms. The molecule has 0 unspecified atom stereocenters. The van der Waals surface area contributed by atoms with Gasteiger partial charge in [0.15, 0.2) is 0 Å². The average Bonchev–Trinajstić information content (AvgIpc) is 3.10. The quantitative estimate of drug-likeness (QED) is 0.0366. The highest BCUT2D eigenvalue weighted by Gasteiger charge is 2.11. The predicted molar refractivity (Wildman–Crippen MR) is 207 cm³/mol. The molecule has 2 rings (SSSR count). The zero-order chi connectivity index (χ0) is 36.1. The van der Waals surface area contributed by atoms with Gasteiger partial charge in [0.1, 0.15) is 17.2 Å². The van der Waals surface area contributed by atoms with Gasteiger partial charge in [-0.1, -0.05) is 161 Å². The number of hydrogen-bond donors (Lipinski definition) is 0. The number of rotatable bonds is 29. The highest BCUT2D eigenvalue weighted by molar-refractivity contribution is 5.77. The van der Waals surface area contributed by atoms with Crippen LogP contribution in [0, 0.1) is 0 Å². The molecule has 0 heterocycles. The molecule has 0 atom stereocenters. The van der Waals surface area contributed by atoms with Gasteiger partial charge in [0.25, 0.3) is 0 Å². The number of ether oxygens (including phenoxy) is 3. The largest absolute Gasteiger partial charge is 0.427 e.